The van der Waals surface area contributed by atoms with Gasteiger partial charge in [0.05, 0.1) is 0 Å². The summed E-state index contributed by atoms with van der Waals surface area (Å²) in [7, 11) is 0. The van der Waals surface area contributed by atoms with E-state index in [9.17, 15) is 4.79 Å². The fraction of sp³-hybridized carbons (Fsp3) is 0.211. The van der Waals surface area contributed by atoms with Crippen molar-refractivity contribution in [2.45, 2.75) is 26.2 Å². The van der Waals surface area contributed by atoms with Crippen LogP contribution >= 0.6 is 0 Å². The molecule has 3 rings (SSSR count). The van der Waals surface area contributed by atoms with Gasteiger partial charge in [0.15, 0.2) is 5.78 Å². The van der Waals surface area contributed by atoms with Crippen LogP contribution in [-0.2, 0) is 11.2 Å². The molecular weight excluding hydrogens is 260 g/mol. The van der Waals surface area contributed by atoms with Gasteiger partial charge in [-0.15, -0.1) is 0 Å². The number of rotatable bonds is 2. The second kappa shape index (κ2) is 5.96. The Hall–Kier alpha value is -2.35. The number of aryl methyl sites for hydroxylation is 2. The van der Waals surface area contributed by atoms with E-state index in [1.54, 1.807) is 6.08 Å². The Morgan fingerprint density at radius 2 is 1.71 bits per heavy atom. The first kappa shape index (κ1) is 13.6. The zero-order valence-corrected chi connectivity index (χ0v) is 12.1. The second-order valence-corrected chi connectivity index (χ2v) is 5.40. The fourth-order valence-electron chi connectivity index (χ4n) is 2.55. The van der Waals surface area contributed by atoms with Crippen molar-refractivity contribution in [1.82, 2.24) is 0 Å². The van der Waals surface area contributed by atoms with E-state index in [2.05, 4.69) is 6.07 Å². The average Bonchev–Trinajstić information content (AvgIpc) is 2.48. The molecule has 0 unspecified atom stereocenters. The van der Waals surface area contributed by atoms with E-state index in [4.69, 9.17) is 4.74 Å². The van der Waals surface area contributed by atoms with Crippen LogP contribution < -0.4 is 4.74 Å². The smallest absolute Gasteiger partial charge is 0.159 e. The summed E-state index contributed by atoms with van der Waals surface area (Å²) in [4.78, 5) is 11.9. The molecule has 1 aliphatic carbocycles. The molecule has 0 radical (unpaired) electrons. The summed E-state index contributed by atoms with van der Waals surface area (Å²) in [6.07, 6.45) is 4.02. The Morgan fingerprint density at radius 1 is 0.952 bits per heavy atom. The Balaban J connectivity index is 1.99. The third-order valence-electron chi connectivity index (χ3n) is 3.69. The Bertz CT molecular complexity index is 681. The molecule has 0 aliphatic heterocycles. The molecule has 2 nitrogen and oxygen atoms in total. The van der Waals surface area contributed by atoms with Gasteiger partial charge in [0.2, 0.25) is 0 Å². The quantitative estimate of drug-likeness (QED) is 0.817. The van der Waals surface area contributed by atoms with E-state index in [0.717, 1.165) is 24.2 Å². The minimum atomic E-state index is 0.131. The average molecular weight is 278 g/mol. The van der Waals surface area contributed by atoms with Crippen LogP contribution in [0.4, 0.5) is 0 Å². The topological polar surface area (TPSA) is 26.3 Å². The van der Waals surface area contributed by atoms with Crippen LogP contribution in [0.25, 0.3) is 5.76 Å². The first-order valence-corrected chi connectivity index (χ1v) is 7.30. The summed E-state index contributed by atoms with van der Waals surface area (Å²) in [5, 5.41) is 0. The van der Waals surface area contributed by atoms with Crippen LogP contribution in [0.5, 0.6) is 5.75 Å². The number of carbonyl (C=O) groups excluding carboxylic acids is 1. The highest BCUT2D eigenvalue weighted by molar-refractivity contribution is 5.96. The van der Waals surface area contributed by atoms with E-state index in [0.29, 0.717) is 12.2 Å². The molecule has 0 spiro atoms. The molecule has 2 aromatic carbocycles. The third-order valence-corrected chi connectivity index (χ3v) is 3.69. The van der Waals surface area contributed by atoms with E-state index in [1.807, 2.05) is 49.4 Å². The van der Waals surface area contributed by atoms with Crippen molar-refractivity contribution in [2.75, 3.05) is 0 Å². The molecule has 0 fully saturated rings. The van der Waals surface area contributed by atoms with Crippen LogP contribution in [0.2, 0.25) is 0 Å². The first-order valence-electron chi connectivity index (χ1n) is 7.30. The second-order valence-electron chi connectivity index (χ2n) is 5.40. The molecule has 106 valence electrons. The predicted molar refractivity (Wildman–Crippen MR) is 84.2 cm³/mol. The molecule has 0 saturated carbocycles. The maximum absolute atomic E-state index is 11.9. The summed E-state index contributed by atoms with van der Waals surface area (Å²) >= 11 is 0. The van der Waals surface area contributed by atoms with Crippen LogP contribution in [0, 0.1) is 6.92 Å². The number of benzene rings is 2. The summed E-state index contributed by atoms with van der Waals surface area (Å²) in [6, 6.07) is 16.0. The maximum Gasteiger partial charge on any atom is 0.159 e. The largest absolute Gasteiger partial charge is 0.457 e. The van der Waals surface area contributed by atoms with E-state index in [-0.39, 0.29) is 5.78 Å². The molecule has 0 aromatic heterocycles. The lowest BCUT2D eigenvalue weighted by Crippen LogP contribution is -2.07. The Morgan fingerprint density at radius 3 is 2.52 bits per heavy atom. The van der Waals surface area contributed by atoms with Gasteiger partial charge in [0.1, 0.15) is 11.5 Å². The van der Waals surface area contributed by atoms with Crippen molar-refractivity contribution in [2.24, 2.45) is 0 Å². The van der Waals surface area contributed by atoms with Crippen molar-refractivity contribution in [3.8, 4) is 5.75 Å². The molecule has 21 heavy (non-hydrogen) atoms. The standard InChI is InChI=1S/C19H18O2/c1-14-9-11-17(12-10-14)21-19-13-16(20)7-4-6-15-5-2-3-8-18(15)19/h2-3,5,8-13H,4,6-7H2,1H3. The van der Waals surface area contributed by atoms with E-state index < -0.39 is 0 Å². The summed E-state index contributed by atoms with van der Waals surface area (Å²) in [6.45, 7) is 2.04. The van der Waals surface area contributed by atoms with Crippen LogP contribution in [-0.4, -0.2) is 5.78 Å². The lowest BCUT2D eigenvalue weighted by molar-refractivity contribution is -0.114. The number of ketones is 1. The predicted octanol–water partition coefficient (Wildman–Crippen LogP) is 4.32. The number of hydrogen-bond donors (Lipinski definition) is 0. The highest BCUT2D eigenvalue weighted by atomic mass is 16.5. The van der Waals surface area contributed by atoms with Crippen molar-refractivity contribution in [3.05, 3.63) is 71.3 Å². The highest BCUT2D eigenvalue weighted by Crippen LogP contribution is 2.27. The van der Waals surface area contributed by atoms with Gasteiger partial charge in [-0.2, -0.15) is 0 Å². The summed E-state index contributed by atoms with van der Waals surface area (Å²) in [5.41, 5.74) is 3.44. The fourth-order valence-corrected chi connectivity index (χ4v) is 2.55. The van der Waals surface area contributed by atoms with Crippen molar-refractivity contribution in [1.29, 1.82) is 0 Å². The van der Waals surface area contributed by atoms with Gasteiger partial charge in [-0.25, -0.2) is 0 Å². The van der Waals surface area contributed by atoms with E-state index >= 15 is 0 Å². The number of fused-ring (bicyclic) bond motifs is 1. The summed E-state index contributed by atoms with van der Waals surface area (Å²) < 4.78 is 5.98. The van der Waals surface area contributed by atoms with Crippen molar-refractivity contribution < 1.29 is 9.53 Å². The molecule has 0 amide bonds. The third kappa shape index (κ3) is 3.22. The summed E-state index contributed by atoms with van der Waals surface area (Å²) in [5.74, 6) is 1.54. The lowest BCUT2D eigenvalue weighted by atomic mass is 9.96. The molecule has 0 atom stereocenters. The minimum absolute atomic E-state index is 0.131. The van der Waals surface area contributed by atoms with Gasteiger partial charge < -0.3 is 4.74 Å². The number of carbonyl (C=O) groups is 1. The number of ether oxygens (including phenoxy) is 1. The molecule has 0 heterocycles. The Kier molecular flexibility index (Phi) is 3.87. The highest BCUT2D eigenvalue weighted by Gasteiger charge is 2.15. The van der Waals surface area contributed by atoms with Gasteiger partial charge in [0.25, 0.3) is 0 Å². The van der Waals surface area contributed by atoms with Crippen molar-refractivity contribution in [3.63, 3.8) is 0 Å². The SMILES string of the molecule is Cc1ccc(OC2=CC(=O)CCCc3ccccc32)cc1. The molecular formula is C19H18O2. The van der Waals surface area contributed by atoms with E-state index in [1.165, 1.54) is 11.1 Å². The molecule has 1 aliphatic rings. The zero-order valence-electron chi connectivity index (χ0n) is 12.1. The number of hydrogen-bond acceptors (Lipinski definition) is 2. The van der Waals surface area contributed by atoms with Crippen LogP contribution in [0.1, 0.15) is 29.5 Å². The van der Waals surface area contributed by atoms with Crippen LogP contribution in [0.15, 0.2) is 54.6 Å². The minimum Gasteiger partial charge on any atom is -0.457 e. The lowest BCUT2D eigenvalue weighted by Gasteiger charge is -2.16. The first-order chi connectivity index (χ1) is 10.2. The van der Waals surface area contributed by atoms with Gasteiger partial charge >= 0.3 is 0 Å². The van der Waals surface area contributed by atoms with Gasteiger partial charge in [-0.1, -0.05) is 42.0 Å². The van der Waals surface area contributed by atoms with Crippen molar-refractivity contribution >= 4 is 11.5 Å². The van der Waals surface area contributed by atoms with Gasteiger partial charge in [0, 0.05) is 18.1 Å². The van der Waals surface area contributed by atoms with Gasteiger partial charge in [-0.3, -0.25) is 4.79 Å². The number of allylic oxidation sites excluding steroid dienone is 1. The van der Waals surface area contributed by atoms with Gasteiger partial charge in [-0.05, 0) is 37.5 Å². The Labute approximate surface area is 125 Å². The maximum atomic E-state index is 11.9. The molecule has 0 N–H and O–H groups in total. The molecule has 0 saturated heterocycles. The zero-order chi connectivity index (χ0) is 14.7. The molecule has 2 aromatic rings. The normalized spacial score (nSPS) is 14.7. The van der Waals surface area contributed by atoms with Crippen LogP contribution in [0.3, 0.4) is 0 Å². The molecule has 2 heteroatoms. The molecule has 0 bridgehead atoms. The monoisotopic (exact) mass is 278 g/mol.